The largest absolute Gasteiger partial charge is 0.534 e. The van der Waals surface area contributed by atoms with Crippen LogP contribution in [0.25, 0.3) is 20.9 Å². The van der Waals surface area contributed by atoms with Crippen LogP contribution in [0.4, 0.5) is 21.0 Å². The molecule has 2 aromatic rings. The molecular weight excluding hydrogens is 716 g/mol. The second-order valence-corrected chi connectivity index (χ2v) is 10.1. The minimum atomic E-state index is -1.36. The molecular formula is C28H26N10O15. The fourth-order valence-electron chi connectivity index (χ4n) is 4.27. The second kappa shape index (κ2) is 19.6. The van der Waals surface area contributed by atoms with E-state index in [1.54, 1.807) is 0 Å². The van der Waals surface area contributed by atoms with Gasteiger partial charge in [0, 0.05) is 47.6 Å². The number of ether oxygens (including phenoxy) is 4. The summed E-state index contributed by atoms with van der Waals surface area (Å²) in [6.07, 6.45) is -2.85. The van der Waals surface area contributed by atoms with E-state index in [4.69, 9.17) is 30.0 Å². The summed E-state index contributed by atoms with van der Waals surface area (Å²) in [5, 5.41) is 29.0. The number of azide groups is 2. The highest BCUT2D eigenvalue weighted by molar-refractivity contribution is 6.13. The van der Waals surface area contributed by atoms with Crippen molar-refractivity contribution in [3.05, 3.63) is 88.6 Å². The standard InChI is InChI=1S/C14H13N5O8.C14H13N5O7/c15-17-16-5-6-25-10-1-2-11(19(23)24)9(7-10)8-26-14(22)27-18-12(20)3-4-13(18)21;15-17-16-5-6-25-10-1-2-11(19(23)24)9(7-10)8-26-14(22)18-12(20)3-4-13(18)21/h1-2,7H,3-6,8H2;1-2,7H,3-6,8H2. The van der Waals surface area contributed by atoms with Gasteiger partial charge in [-0.3, -0.25) is 44.2 Å². The summed E-state index contributed by atoms with van der Waals surface area (Å²) in [4.78, 5) is 100. The van der Waals surface area contributed by atoms with Crippen LogP contribution in [0.3, 0.4) is 0 Å². The molecule has 0 spiro atoms. The minimum absolute atomic E-state index is 0.00249. The van der Waals surface area contributed by atoms with Gasteiger partial charge in [-0.15, -0.1) is 0 Å². The highest BCUT2D eigenvalue weighted by Gasteiger charge is 2.36. The van der Waals surface area contributed by atoms with Crippen LogP contribution in [-0.4, -0.2) is 82.0 Å². The number of carbonyl (C=O) groups excluding carboxylic acids is 6. The molecule has 0 atom stereocenters. The fourth-order valence-corrected chi connectivity index (χ4v) is 4.27. The van der Waals surface area contributed by atoms with Crippen LogP contribution < -0.4 is 9.47 Å². The number of benzene rings is 2. The van der Waals surface area contributed by atoms with Crippen molar-refractivity contribution in [3.63, 3.8) is 0 Å². The number of hydroxylamine groups is 2. The summed E-state index contributed by atoms with van der Waals surface area (Å²) >= 11 is 0. The lowest BCUT2D eigenvalue weighted by Crippen LogP contribution is -2.35. The van der Waals surface area contributed by atoms with E-state index in [2.05, 4.69) is 24.9 Å². The van der Waals surface area contributed by atoms with Gasteiger partial charge in [0.25, 0.3) is 23.2 Å². The Morgan fingerprint density at radius 3 is 1.58 bits per heavy atom. The topological polar surface area (TPSA) is 339 Å². The highest BCUT2D eigenvalue weighted by Crippen LogP contribution is 2.27. The van der Waals surface area contributed by atoms with E-state index in [9.17, 15) is 49.0 Å². The first kappa shape index (κ1) is 39.9. The van der Waals surface area contributed by atoms with Crippen LogP contribution in [0.5, 0.6) is 11.5 Å². The molecule has 2 fully saturated rings. The van der Waals surface area contributed by atoms with Crippen LogP contribution in [0, 0.1) is 20.2 Å². The number of carbonyl (C=O) groups is 6. The SMILES string of the molecule is [N-]=[N+]=NCCOc1ccc([N+](=O)[O-])c(COC(=O)N2C(=O)CCC2=O)c1.[N-]=[N+]=NCCOc1ccc([N+](=O)[O-])c(COC(=O)ON2C(=O)CCC2=O)c1. The maximum Gasteiger partial charge on any atom is 0.534 e. The van der Waals surface area contributed by atoms with Crippen molar-refractivity contribution in [3.8, 4) is 11.5 Å². The van der Waals surface area contributed by atoms with Crippen LogP contribution >= 0.6 is 0 Å². The summed E-state index contributed by atoms with van der Waals surface area (Å²) in [5.41, 5.74) is 15.7. The van der Waals surface area contributed by atoms with Gasteiger partial charge in [-0.05, 0) is 35.3 Å². The minimum Gasteiger partial charge on any atom is -0.493 e. The first-order valence-electron chi connectivity index (χ1n) is 14.9. The summed E-state index contributed by atoms with van der Waals surface area (Å²) < 4.78 is 20.1. The van der Waals surface area contributed by atoms with Gasteiger partial charge in [0.1, 0.15) is 24.7 Å². The van der Waals surface area contributed by atoms with Gasteiger partial charge in [-0.2, -0.15) is 4.90 Å². The summed E-state index contributed by atoms with van der Waals surface area (Å²) in [6, 6.07) is 7.55. The average molecular weight is 743 g/mol. The Morgan fingerprint density at radius 1 is 0.717 bits per heavy atom. The summed E-state index contributed by atoms with van der Waals surface area (Å²) in [7, 11) is 0. The number of nitrogens with zero attached hydrogens (tertiary/aromatic N) is 10. The average Bonchev–Trinajstić information content (AvgIpc) is 3.64. The van der Waals surface area contributed by atoms with Gasteiger partial charge >= 0.3 is 12.2 Å². The molecule has 0 aliphatic carbocycles. The van der Waals surface area contributed by atoms with Crippen molar-refractivity contribution in [1.82, 2.24) is 9.96 Å². The lowest BCUT2D eigenvalue weighted by atomic mass is 10.2. The monoisotopic (exact) mass is 742 g/mol. The molecule has 0 aromatic heterocycles. The highest BCUT2D eigenvalue weighted by atomic mass is 16.8. The molecule has 0 saturated carbocycles. The third-order valence-electron chi connectivity index (χ3n) is 6.64. The first-order valence-corrected chi connectivity index (χ1v) is 14.9. The van der Waals surface area contributed by atoms with Crippen molar-refractivity contribution in [2.45, 2.75) is 38.9 Å². The smallest absolute Gasteiger partial charge is 0.493 e. The number of amides is 5. The van der Waals surface area contributed by atoms with E-state index >= 15 is 0 Å². The van der Waals surface area contributed by atoms with E-state index in [0.29, 0.717) is 9.96 Å². The molecule has 53 heavy (non-hydrogen) atoms. The van der Waals surface area contributed by atoms with Gasteiger partial charge in [-0.1, -0.05) is 15.3 Å². The fraction of sp³-hybridized carbons (Fsp3) is 0.357. The molecule has 0 radical (unpaired) electrons. The van der Waals surface area contributed by atoms with Gasteiger partial charge < -0.3 is 18.9 Å². The molecule has 25 nitrogen and oxygen atoms in total. The third-order valence-corrected chi connectivity index (χ3v) is 6.64. The van der Waals surface area contributed by atoms with Gasteiger partial charge in [0.2, 0.25) is 11.8 Å². The Labute approximate surface area is 295 Å². The predicted octanol–water partition coefficient (Wildman–Crippen LogP) is 4.07. The van der Waals surface area contributed by atoms with E-state index in [1.165, 1.54) is 24.3 Å². The zero-order chi connectivity index (χ0) is 38.9. The number of hydrogen-bond acceptors (Lipinski definition) is 17. The van der Waals surface area contributed by atoms with Crippen molar-refractivity contribution >= 4 is 47.3 Å². The van der Waals surface area contributed by atoms with Crippen LogP contribution in [-0.2, 0) is 46.7 Å². The van der Waals surface area contributed by atoms with E-state index in [-0.39, 0.29) is 86.0 Å². The van der Waals surface area contributed by atoms with Crippen LogP contribution in [0.15, 0.2) is 46.6 Å². The van der Waals surface area contributed by atoms with Crippen LogP contribution in [0.2, 0.25) is 0 Å². The quantitative estimate of drug-likeness (QED) is 0.0363. The molecule has 2 aliphatic heterocycles. The number of imide groups is 4. The zero-order valence-electron chi connectivity index (χ0n) is 27.1. The molecule has 0 unspecified atom stereocenters. The lowest BCUT2D eigenvalue weighted by molar-refractivity contribution is -0.386. The second-order valence-electron chi connectivity index (χ2n) is 10.1. The number of rotatable bonds is 15. The maximum atomic E-state index is 11.9. The molecule has 278 valence electrons. The molecule has 0 bridgehead atoms. The molecule has 2 heterocycles. The molecule has 2 aromatic carbocycles. The maximum absolute atomic E-state index is 11.9. The number of likely N-dealkylation sites (tertiary alicyclic amines) is 1. The number of nitro groups is 2. The van der Waals surface area contributed by atoms with Crippen molar-refractivity contribution in [2.24, 2.45) is 10.2 Å². The van der Waals surface area contributed by atoms with E-state index < -0.39 is 58.9 Å². The molecule has 25 heteroatoms. The Hall–Kier alpha value is -7.52. The van der Waals surface area contributed by atoms with Gasteiger partial charge in [-0.25, -0.2) is 9.59 Å². The van der Waals surface area contributed by atoms with Gasteiger partial charge in [0.05, 0.1) is 47.3 Å². The zero-order valence-corrected chi connectivity index (χ0v) is 27.1. The molecule has 4 rings (SSSR count). The van der Waals surface area contributed by atoms with Crippen molar-refractivity contribution < 1.29 is 62.4 Å². The lowest BCUT2D eigenvalue weighted by Gasteiger charge is -2.13. The number of hydrogen-bond donors (Lipinski definition) is 0. The summed E-state index contributed by atoms with van der Waals surface area (Å²) in [5.74, 6) is -2.25. The Balaban J connectivity index is 0.000000286. The molecule has 0 N–H and O–H groups in total. The third kappa shape index (κ3) is 11.8. The van der Waals surface area contributed by atoms with Crippen molar-refractivity contribution in [1.29, 1.82) is 0 Å². The van der Waals surface area contributed by atoms with Crippen molar-refractivity contribution in [2.75, 3.05) is 26.3 Å². The Kier molecular flexibility index (Phi) is 14.8. The first-order chi connectivity index (χ1) is 25.4. The van der Waals surface area contributed by atoms with Gasteiger partial charge in [0.15, 0.2) is 0 Å². The molecule has 2 aliphatic rings. The molecule has 2 saturated heterocycles. The van der Waals surface area contributed by atoms with E-state index in [0.717, 1.165) is 12.1 Å². The van der Waals surface area contributed by atoms with E-state index in [1.807, 2.05) is 0 Å². The summed E-state index contributed by atoms with van der Waals surface area (Å²) in [6.45, 7) is -0.861. The predicted molar refractivity (Wildman–Crippen MR) is 169 cm³/mol. The Bertz CT molecular complexity index is 1860. The molecule has 5 amide bonds. The Morgan fingerprint density at radius 2 is 1.15 bits per heavy atom. The van der Waals surface area contributed by atoms with Crippen LogP contribution in [0.1, 0.15) is 36.8 Å². The number of nitro benzene ring substituents is 2. The normalized spacial score (nSPS) is 13.2.